The second kappa shape index (κ2) is 5.39. The number of rotatable bonds is 3. The van der Waals surface area contributed by atoms with Crippen molar-refractivity contribution in [2.24, 2.45) is 0 Å². The summed E-state index contributed by atoms with van der Waals surface area (Å²) in [7, 11) is 3.31. The Morgan fingerprint density at radius 3 is 2.40 bits per heavy atom. The molecular weight excluding hydrogens is 252 g/mol. The summed E-state index contributed by atoms with van der Waals surface area (Å²) in [4.78, 5) is 0. The maximum Gasteiger partial charge on any atom is 0.227 e. The molecule has 0 fully saturated rings. The Hall–Kier alpha value is -2.26. The molecule has 1 unspecified atom stereocenters. The van der Waals surface area contributed by atoms with E-state index >= 15 is 0 Å². The minimum atomic E-state index is -0.390. The van der Waals surface area contributed by atoms with E-state index in [4.69, 9.17) is 14.2 Å². The Bertz CT molecular complexity index is 629. The SMILES string of the molecule is COc1ccc(C2=Cc3ccccc3OC2OC)cc1. The normalized spacial score (nSPS) is 16.9. The fourth-order valence-corrected chi connectivity index (χ4v) is 2.30. The number of hydrogen-bond donors (Lipinski definition) is 0. The molecule has 0 saturated carbocycles. The van der Waals surface area contributed by atoms with E-state index in [2.05, 4.69) is 6.08 Å². The zero-order chi connectivity index (χ0) is 13.9. The lowest BCUT2D eigenvalue weighted by atomic mass is 9.99. The topological polar surface area (TPSA) is 27.7 Å². The summed E-state index contributed by atoms with van der Waals surface area (Å²) in [5.74, 6) is 1.68. The molecule has 2 aromatic rings. The van der Waals surface area contributed by atoms with Gasteiger partial charge in [-0.1, -0.05) is 30.3 Å². The molecule has 0 N–H and O–H groups in total. The second-order valence-corrected chi connectivity index (χ2v) is 4.55. The van der Waals surface area contributed by atoms with E-state index in [0.29, 0.717) is 0 Å². The van der Waals surface area contributed by atoms with Crippen LogP contribution in [-0.2, 0) is 4.74 Å². The van der Waals surface area contributed by atoms with Crippen molar-refractivity contribution in [3.05, 3.63) is 59.7 Å². The van der Waals surface area contributed by atoms with Gasteiger partial charge in [-0.2, -0.15) is 0 Å². The molecule has 3 heteroatoms. The van der Waals surface area contributed by atoms with Crippen LogP contribution in [0.15, 0.2) is 48.5 Å². The summed E-state index contributed by atoms with van der Waals surface area (Å²) >= 11 is 0. The van der Waals surface area contributed by atoms with Gasteiger partial charge in [-0.3, -0.25) is 0 Å². The highest BCUT2D eigenvalue weighted by molar-refractivity contribution is 5.86. The monoisotopic (exact) mass is 268 g/mol. The number of methoxy groups -OCH3 is 2. The van der Waals surface area contributed by atoms with Gasteiger partial charge in [0.25, 0.3) is 0 Å². The Labute approximate surface area is 118 Å². The highest BCUT2D eigenvalue weighted by Crippen LogP contribution is 2.34. The minimum Gasteiger partial charge on any atom is -0.497 e. The zero-order valence-corrected chi connectivity index (χ0v) is 11.5. The predicted octanol–water partition coefficient (Wildman–Crippen LogP) is 3.60. The number of hydrogen-bond acceptors (Lipinski definition) is 3. The summed E-state index contributed by atoms with van der Waals surface area (Å²) in [5, 5.41) is 0. The van der Waals surface area contributed by atoms with E-state index < -0.39 is 6.29 Å². The third-order valence-electron chi connectivity index (χ3n) is 3.36. The lowest BCUT2D eigenvalue weighted by molar-refractivity contribution is -0.00896. The van der Waals surface area contributed by atoms with Crippen molar-refractivity contribution < 1.29 is 14.2 Å². The van der Waals surface area contributed by atoms with E-state index in [0.717, 1.165) is 28.2 Å². The van der Waals surface area contributed by atoms with Crippen LogP contribution in [0.1, 0.15) is 11.1 Å². The molecule has 1 atom stereocenters. The first-order valence-corrected chi connectivity index (χ1v) is 6.46. The van der Waals surface area contributed by atoms with E-state index in [9.17, 15) is 0 Å². The van der Waals surface area contributed by atoms with Crippen LogP contribution in [0.2, 0.25) is 0 Å². The van der Waals surface area contributed by atoms with Crippen LogP contribution in [0.25, 0.3) is 11.6 Å². The Balaban J connectivity index is 2.03. The van der Waals surface area contributed by atoms with Gasteiger partial charge in [0.05, 0.1) is 7.11 Å². The first kappa shape index (κ1) is 12.8. The third kappa shape index (κ3) is 2.28. The van der Waals surface area contributed by atoms with Crippen molar-refractivity contribution in [2.75, 3.05) is 14.2 Å². The van der Waals surface area contributed by atoms with E-state index in [1.807, 2.05) is 48.5 Å². The van der Waals surface area contributed by atoms with Crippen molar-refractivity contribution in [3.8, 4) is 11.5 Å². The average molecular weight is 268 g/mol. The average Bonchev–Trinajstić information content (AvgIpc) is 2.53. The van der Waals surface area contributed by atoms with Gasteiger partial charge < -0.3 is 14.2 Å². The van der Waals surface area contributed by atoms with Gasteiger partial charge in [-0.05, 0) is 29.8 Å². The van der Waals surface area contributed by atoms with Crippen molar-refractivity contribution in [3.63, 3.8) is 0 Å². The Morgan fingerprint density at radius 1 is 0.950 bits per heavy atom. The Morgan fingerprint density at radius 2 is 1.70 bits per heavy atom. The van der Waals surface area contributed by atoms with Crippen molar-refractivity contribution in [1.82, 2.24) is 0 Å². The van der Waals surface area contributed by atoms with Gasteiger partial charge in [0.1, 0.15) is 11.5 Å². The molecule has 0 aliphatic carbocycles. The first-order chi connectivity index (χ1) is 9.81. The highest BCUT2D eigenvalue weighted by atomic mass is 16.7. The summed E-state index contributed by atoms with van der Waals surface area (Å²) in [6.45, 7) is 0. The summed E-state index contributed by atoms with van der Waals surface area (Å²) in [6, 6.07) is 15.8. The van der Waals surface area contributed by atoms with Crippen LogP contribution >= 0.6 is 0 Å². The van der Waals surface area contributed by atoms with Crippen molar-refractivity contribution >= 4 is 11.6 Å². The van der Waals surface area contributed by atoms with Crippen molar-refractivity contribution in [2.45, 2.75) is 6.29 Å². The molecule has 0 aromatic heterocycles. The number of ether oxygens (including phenoxy) is 3. The molecule has 1 aliphatic rings. The van der Waals surface area contributed by atoms with Gasteiger partial charge in [0.2, 0.25) is 6.29 Å². The predicted molar refractivity (Wildman–Crippen MR) is 78.7 cm³/mol. The third-order valence-corrected chi connectivity index (χ3v) is 3.36. The molecule has 3 rings (SSSR count). The van der Waals surface area contributed by atoms with Crippen molar-refractivity contribution in [1.29, 1.82) is 0 Å². The molecule has 0 amide bonds. The molecule has 0 radical (unpaired) electrons. The second-order valence-electron chi connectivity index (χ2n) is 4.55. The van der Waals surface area contributed by atoms with E-state index in [1.54, 1.807) is 14.2 Å². The minimum absolute atomic E-state index is 0.390. The van der Waals surface area contributed by atoms with Crippen LogP contribution in [0.4, 0.5) is 0 Å². The lowest BCUT2D eigenvalue weighted by Gasteiger charge is -2.26. The van der Waals surface area contributed by atoms with E-state index in [1.165, 1.54) is 0 Å². The van der Waals surface area contributed by atoms with E-state index in [-0.39, 0.29) is 0 Å². The molecule has 102 valence electrons. The van der Waals surface area contributed by atoms with Gasteiger partial charge in [0.15, 0.2) is 0 Å². The van der Waals surface area contributed by atoms with Gasteiger partial charge in [-0.25, -0.2) is 0 Å². The van der Waals surface area contributed by atoms with Gasteiger partial charge >= 0.3 is 0 Å². The summed E-state index contributed by atoms with van der Waals surface area (Å²) < 4.78 is 16.5. The molecule has 0 bridgehead atoms. The van der Waals surface area contributed by atoms with Crippen LogP contribution in [0, 0.1) is 0 Å². The largest absolute Gasteiger partial charge is 0.497 e. The summed E-state index contributed by atoms with van der Waals surface area (Å²) in [5.41, 5.74) is 3.13. The molecule has 1 heterocycles. The highest BCUT2D eigenvalue weighted by Gasteiger charge is 2.23. The fraction of sp³-hybridized carbons (Fsp3) is 0.176. The molecule has 1 aliphatic heterocycles. The molecule has 0 spiro atoms. The van der Waals surface area contributed by atoms with Gasteiger partial charge in [0, 0.05) is 18.2 Å². The lowest BCUT2D eigenvalue weighted by Crippen LogP contribution is -2.23. The molecule has 2 aromatic carbocycles. The van der Waals surface area contributed by atoms with Crippen LogP contribution in [-0.4, -0.2) is 20.5 Å². The smallest absolute Gasteiger partial charge is 0.227 e. The molecule has 3 nitrogen and oxygen atoms in total. The first-order valence-electron chi connectivity index (χ1n) is 6.46. The number of benzene rings is 2. The number of para-hydroxylation sites is 1. The van der Waals surface area contributed by atoms with Crippen LogP contribution < -0.4 is 9.47 Å². The Kier molecular flexibility index (Phi) is 3.44. The maximum atomic E-state index is 5.88. The zero-order valence-electron chi connectivity index (χ0n) is 11.5. The number of fused-ring (bicyclic) bond motifs is 1. The standard InChI is InChI=1S/C17H16O3/c1-18-14-9-7-12(8-10-14)15-11-13-5-3-4-6-16(13)20-17(15)19-2/h3-11,17H,1-2H3. The summed E-state index contributed by atoms with van der Waals surface area (Å²) in [6.07, 6.45) is 1.72. The molecular formula is C17H16O3. The van der Waals surface area contributed by atoms with Crippen LogP contribution in [0.3, 0.4) is 0 Å². The fourth-order valence-electron chi connectivity index (χ4n) is 2.30. The molecule has 20 heavy (non-hydrogen) atoms. The quantitative estimate of drug-likeness (QED) is 0.851. The molecule has 0 saturated heterocycles. The van der Waals surface area contributed by atoms with Gasteiger partial charge in [-0.15, -0.1) is 0 Å². The van der Waals surface area contributed by atoms with Crippen LogP contribution in [0.5, 0.6) is 11.5 Å². The maximum absolute atomic E-state index is 5.88.